The second-order valence-corrected chi connectivity index (χ2v) is 9.31. The van der Waals surface area contributed by atoms with Crippen molar-refractivity contribution in [2.75, 3.05) is 27.8 Å². The lowest BCUT2D eigenvalue weighted by Gasteiger charge is -2.26. The summed E-state index contributed by atoms with van der Waals surface area (Å²) in [6.07, 6.45) is 7.00. The Hall–Kier alpha value is -3.48. The number of rotatable bonds is 10. The standard InChI is InChI=1S/C28H35N3O4/c1-31(15-14-19-12-13-25(34-2)26(16-19)35-3)28(33)24(30-27(32)20-8-4-5-9-20)17-21-18-29-23-11-7-6-10-22(21)23/h6-7,10-13,16,18,20,24,29H,4-5,8-9,14-15,17H2,1-3H3,(H,30,32). The molecule has 7 nitrogen and oxygen atoms in total. The highest BCUT2D eigenvalue weighted by Gasteiger charge is 2.29. The van der Waals surface area contributed by atoms with E-state index in [9.17, 15) is 9.59 Å². The third-order valence-corrected chi connectivity index (χ3v) is 7.00. The fourth-order valence-electron chi connectivity index (χ4n) is 4.91. The normalized spacial score (nSPS) is 14.6. The minimum atomic E-state index is -0.613. The Labute approximate surface area is 206 Å². The number of fused-ring (bicyclic) bond motifs is 1. The molecule has 0 bridgehead atoms. The molecule has 186 valence electrons. The van der Waals surface area contributed by atoms with Gasteiger partial charge in [0.1, 0.15) is 6.04 Å². The highest BCUT2D eigenvalue weighted by molar-refractivity contribution is 5.90. The molecule has 1 fully saturated rings. The van der Waals surface area contributed by atoms with Gasteiger partial charge in [0.15, 0.2) is 11.5 Å². The topological polar surface area (TPSA) is 83.7 Å². The van der Waals surface area contributed by atoms with Gasteiger partial charge in [0.25, 0.3) is 0 Å². The monoisotopic (exact) mass is 477 g/mol. The zero-order valence-electron chi connectivity index (χ0n) is 20.8. The maximum Gasteiger partial charge on any atom is 0.245 e. The molecular formula is C28H35N3O4. The number of hydrogen-bond donors (Lipinski definition) is 2. The van der Waals surface area contributed by atoms with Gasteiger partial charge in [-0.1, -0.05) is 37.1 Å². The van der Waals surface area contributed by atoms with Crippen molar-refractivity contribution in [3.05, 3.63) is 59.8 Å². The lowest BCUT2D eigenvalue weighted by Crippen LogP contribution is -2.50. The molecule has 7 heteroatoms. The number of nitrogens with one attached hydrogen (secondary N) is 2. The number of methoxy groups -OCH3 is 2. The first-order chi connectivity index (χ1) is 17.0. The molecule has 1 aliphatic rings. The summed E-state index contributed by atoms with van der Waals surface area (Å²) in [4.78, 5) is 31.5. The third kappa shape index (κ3) is 5.78. The molecular weight excluding hydrogens is 442 g/mol. The Bertz CT molecular complexity index is 1170. The minimum Gasteiger partial charge on any atom is -0.493 e. The van der Waals surface area contributed by atoms with Crippen LogP contribution in [0.25, 0.3) is 10.9 Å². The average molecular weight is 478 g/mol. The first kappa shape index (κ1) is 24.6. The van der Waals surface area contributed by atoms with Gasteiger partial charge in [-0.05, 0) is 48.6 Å². The molecule has 1 heterocycles. The van der Waals surface area contributed by atoms with Gasteiger partial charge in [-0.2, -0.15) is 0 Å². The molecule has 0 spiro atoms. The van der Waals surface area contributed by atoms with Gasteiger partial charge in [0.05, 0.1) is 14.2 Å². The largest absolute Gasteiger partial charge is 0.493 e. The smallest absolute Gasteiger partial charge is 0.245 e. The average Bonchev–Trinajstić information content (AvgIpc) is 3.57. The number of ether oxygens (including phenoxy) is 2. The number of para-hydroxylation sites is 1. The highest BCUT2D eigenvalue weighted by atomic mass is 16.5. The van der Waals surface area contributed by atoms with Gasteiger partial charge >= 0.3 is 0 Å². The summed E-state index contributed by atoms with van der Waals surface area (Å²) < 4.78 is 10.7. The number of aromatic nitrogens is 1. The minimum absolute atomic E-state index is 0.00494. The lowest BCUT2D eigenvalue weighted by atomic mass is 10.0. The predicted octanol–water partition coefficient (Wildman–Crippen LogP) is 4.10. The summed E-state index contributed by atoms with van der Waals surface area (Å²) >= 11 is 0. The fourth-order valence-corrected chi connectivity index (χ4v) is 4.91. The van der Waals surface area contributed by atoms with Crippen molar-refractivity contribution in [3.63, 3.8) is 0 Å². The number of hydrogen-bond acceptors (Lipinski definition) is 4. The molecule has 3 aromatic rings. The van der Waals surface area contributed by atoms with Crippen LogP contribution in [0.5, 0.6) is 11.5 Å². The molecule has 35 heavy (non-hydrogen) atoms. The van der Waals surface area contributed by atoms with E-state index >= 15 is 0 Å². The summed E-state index contributed by atoms with van der Waals surface area (Å²) in [5, 5.41) is 4.17. The van der Waals surface area contributed by atoms with Crippen LogP contribution < -0.4 is 14.8 Å². The van der Waals surface area contributed by atoms with E-state index in [1.807, 2.05) is 48.7 Å². The van der Waals surface area contributed by atoms with Crippen LogP contribution in [0.3, 0.4) is 0 Å². The second kappa shape index (κ2) is 11.3. The Morgan fingerprint density at radius 1 is 1.09 bits per heavy atom. The molecule has 1 atom stereocenters. The number of nitrogens with zero attached hydrogens (tertiary/aromatic N) is 1. The number of aromatic amines is 1. The third-order valence-electron chi connectivity index (χ3n) is 7.00. The van der Waals surface area contributed by atoms with E-state index in [0.29, 0.717) is 30.9 Å². The summed E-state index contributed by atoms with van der Waals surface area (Å²) in [6, 6.07) is 13.2. The fraction of sp³-hybridized carbons (Fsp3) is 0.429. The molecule has 1 aliphatic carbocycles. The van der Waals surface area contributed by atoms with Crippen LogP contribution in [0, 0.1) is 5.92 Å². The van der Waals surface area contributed by atoms with Crippen molar-refractivity contribution < 1.29 is 19.1 Å². The number of benzene rings is 2. The first-order valence-corrected chi connectivity index (χ1v) is 12.3. The van der Waals surface area contributed by atoms with E-state index in [1.54, 1.807) is 26.2 Å². The number of amides is 2. The van der Waals surface area contributed by atoms with E-state index in [2.05, 4.69) is 10.3 Å². The van der Waals surface area contributed by atoms with E-state index in [1.165, 1.54) is 0 Å². The summed E-state index contributed by atoms with van der Waals surface area (Å²) in [5.74, 6) is 1.26. The SMILES string of the molecule is COc1ccc(CCN(C)C(=O)C(Cc2c[nH]c3ccccc23)NC(=O)C2CCCC2)cc1OC. The van der Waals surface area contributed by atoms with Crippen LogP contribution in [0.1, 0.15) is 36.8 Å². The van der Waals surface area contributed by atoms with E-state index < -0.39 is 6.04 Å². The van der Waals surface area contributed by atoms with Crippen LogP contribution >= 0.6 is 0 Å². The maximum atomic E-state index is 13.6. The molecule has 1 saturated carbocycles. The van der Waals surface area contributed by atoms with Crippen molar-refractivity contribution in [2.24, 2.45) is 5.92 Å². The first-order valence-electron chi connectivity index (χ1n) is 12.3. The molecule has 1 unspecified atom stereocenters. The molecule has 0 radical (unpaired) electrons. The Morgan fingerprint density at radius 3 is 2.57 bits per heavy atom. The zero-order valence-corrected chi connectivity index (χ0v) is 20.8. The Kier molecular flexibility index (Phi) is 7.95. The highest BCUT2D eigenvalue weighted by Crippen LogP contribution is 2.28. The van der Waals surface area contributed by atoms with Crippen molar-refractivity contribution in [1.29, 1.82) is 0 Å². The molecule has 2 N–H and O–H groups in total. The molecule has 2 amide bonds. The molecule has 0 aliphatic heterocycles. The predicted molar refractivity (Wildman–Crippen MR) is 137 cm³/mol. The number of likely N-dealkylation sites (N-methyl/N-ethyl adjacent to an activating group) is 1. The molecule has 1 aromatic heterocycles. The lowest BCUT2D eigenvalue weighted by molar-refractivity contribution is -0.136. The number of carbonyl (C=O) groups is 2. The van der Waals surface area contributed by atoms with Crippen LogP contribution in [0.2, 0.25) is 0 Å². The van der Waals surface area contributed by atoms with Gasteiger partial charge in [0.2, 0.25) is 11.8 Å². The van der Waals surface area contributed by atoms with Gasteiger partial charge in [-0.3, -0.25) is 9.59 Å². The van der Waals surface area contributed by atoms with Gasteiger partial charge in [-0.25, -0.2) is 0 Å². The van der Waals surface area contributed by atoms with Crippen molar-refractivity contribution in [2.45, 2.75) is 44.6 Å². The maximum absolute atomic E-state index is 13.6. The summed E-state index contributed by atoms with van der Waals surface area (Å²) in [6.45, 7) is 0.526. The summed E-state index contributed by atoms with van der Waals surface area (Å²) in [7, 11) is 5.02. The Morgan fingerprint density at radius 2 is 1.83 bits per heavy atom. The van der Waals surface area contributed by atoms with E-state index in [0.717, 1.165) is 47.7 Å². The second-order valence-electron chi connectivity index (χ2n) is 9.31. The van der Waals surface area contributed by atoms with Crippen LogP contribution in [-0.2, 0) is 22.4 Å². The van der Waals surface area contributed by atoms with Gasteiger partial charge < -0.3 is 24.7 Å². The zero-order chi connectivity index (χ0) is 24.8. The van der Waals surface area contributed by atoms with Gasteiger partial charge in [-0.15, -0.1) is 0 Å². The van der Waals surface area contributed by atoms with E-state index in [4.69, 9.17) is 9.47 Å². The van der Waals surface area contributed by atoms with Crippen LogP contribution in [0.4, 0.5) is 0 Å². The summed E-state index contributed by atoms with van der Waals surface area (Å²) in [5.41, 5.74) is 3.10. The van der Waals surface area contributed by atoms with Crippen molar-refractivity contribution >= 4 is 22.7 Å². The Balaban J connectivity index is 1.47. The van der Waals surface area contributed by atoms with Crippen molar-refractivity contribution in [3.8, 4) is 11.5 Å². The number of carbonyl (C=O) groups excluding carboxylic acids is 2. The molecule has 0 saturated heterocycles. The quantitative estimate of drug-likeness (QED) is 0.460. The van der Waals surface area contributed by atoms with Crippen LogP contribution in [-0.4, -0.2) is 55.6 Å². The van der Waals surface area contributed by atoms with Gasteiger partial charge in [0, 0.05) is 43.0 Å². The van der Waals surface area contributed by atoms with Crippen LogP contribution in [0.15, 0.2) is 48.7 Å². The number of H-pyrrole nitrogens is 1. The van der Waals surface area contributed by atoms with Crippen molar-refractivity contribution in [1.82, 2.24) is 15.2 Å². The molecule has 2 aromatic carbocycles. The molecule has 4 rings (SSSR count). The van der Waals surface area contributed by atoms with E-state index in [-0.39, 0.29) is 17.7 Å².